The Morgan fingerprint density at radius 3 is 2.55 bits per heavy atom. The molecule has 11 heteroatoms. The van der Waals surface area contributed by atoms with Gasteiger partial charge in [-0.15, -0.1) is 0 Å². The zero-order valence-corrected chi connectivity index (χ0v) is 22.4. The van der Waals surface area contributed by atoms with Gasteiger partial charge in [-0.2, -0.15) is 0 Å². The van der Waals surface area contributed by atoms with Crippen molar-refractivity contribution in [2.45, 2.75) is 26.2 Å². The summed E-state index contributed by atoms with van der Waals surface area (Å²) in [5.74, 6) is 0.314. The summed E-state index contributed by atoms with van der Waals surface area (Å²) in [6, 6.07) is 17.8. The molecule has 5 rings (SSSR count). The first-order valence-corrected chi connectivity index (χ1v) is 13.1. The van der Waals surface area contributed by atoms with E-state index in [4.69, 9.17) is 25.2 Å². The number of nitrogens with one attached hydrogen (secondary N) is 3. The van der Waals surface area contributed by atoms with Crippen molar-refractivity contribution in [2.24, 2.45) is 11.1 Å². The van der Waals surface area contributed by atoms with Crippen molar-refractivity contribution in [3.05, 3.63) is 84.1 Å². The summed E-state index contributed by atoms with van der Waals surface area (Å²) in [6.07, 6.45) is 0.830. The Kier molecular flexibility index (Phi) is 8.15. The molecule has 3 heterocycles. The molecule has 1 atom stereocenters. The minimum absolute atomic E-state index is 0.0225. The summed E-state index contributed by atoms with van der Waals surface area (Å²) in [5, 5.41) is 6.13. The van der Waals surface area contributed by atoms with E-state index in [1.807, 2.05) is 37.3 Å². The van der Waals surface area contributed by atoms with Crippen molar-refractivity contribution in [2.75, 3.05) is 31.6 Å². The number of nitrogens with two attached hydrogens (primary N) is 1. The zero-order chi connectivity index (χ0) is 28.1. The molecule has 0 spiro atoms. The number of hydrogen-bond donors (Lipinski definition) is 4. The van der Waals surface area contributed by atoms with Crippen LogP contribution in [0.3, 0.4) is 0 Å². The third-order valence-corrected chi connectivity index (χ3v) is 6.70. The number of halogens is 1. The van der Waals surface area contributed by atoms with E-state index in [0.29, 0.717) is 47.5 Å². The third kappa shape index (κ3) is 6.01. The maximum absolute atomic E-state index is 13.7. The van der Waals surface area contributed by atoms with E-state index in [2.05, 4.69) is 20.6 Å². The molecule has 208 valence electrons. The van der Waals surface area contributed by atoms with Gasteiger partial charge in [0.2, 0.25) is 18.1 Å². The van der Waals surface area contributed by atoms with E-state index >= 15 is 0 Å². The highest BCUT2D eigenvalue weighted by atomic mass is 19.1. The molecule has 1 amide bonds. The molecule has 0 bridgehead atoms. The van der Waals surface area contributed by atoms with Gasteiger partial charge in [0.25, 0.3) is 0 Å². The number of carbonyl (C=O) groups is 1. The Morgan fingerprint density at radius 2 is 1.85 bits per heavy atom. The normalized spacial score (nSPS) is 19.6. The lowest BCUT2D eigenvalue weighted by Gasteiger charge is -2.35. The lowest BCUT2D eigenvalue weighted by molar-refractivity contribution is -0.231. The van der Waals surface area contributed by atoms with Gasteiger partial charge >= 0.3 is 0 Å². The Hall–Kier alpha value is -4.19. The van der Waals surface area contributed by atoms with E-state index in [1.165, 1.54) is 12.1 Å². The lowest BCUT2D eigenvalue weighted by atomic mass is 9.91. The third-order valence-electron chi connectivity index (χ3n) is 6.70. The number of carbonyl (C=O) groups excluding carboxylic acids is 1. The van der Waals surface area contributed by atoms with E-state index in [9.17, 15) is 9.18 Å². The van der Waals surface area contributed by atoms with Gasteiger partial charge in [-0.3, -0.25) is 4.79 Å². The summed E-state index contributed by atoms with van der Waals surface area (Å²) >= 11 is 0. The van der Waals surface area contributed by atoms with E-state index in [-0.39, 0.29) is 31.0 Å². The molecule has 2 aromatic carbocycles. The second-order valence-corrected chi connectivity index (χ2v) is 9.95. The second kappa shape index (κ2) is 11.9. The number of aromatic amines is 1. The highest BCUT2D eigenvalue weighted by Crippen LogP contribution is 2.35. The molecule has 1 unspecified atom stereocenters. The van der Waals surface area contributed by atoms with Crippen molar-refractivity contribution in [1.29, 1.82) is 0 Å². The van der Waals surface area contributed by atoms with Gasteiger partial charge in [0.1, 0.15) is 5.82 Å². The molecule has 1 aliphatic heterocycles. The molecule has 0 aliphatic carbocycles. The van der Waals surface area contributed by atoms with Crippen LogP contribution in [0.4, 0.5) is 10.3 Å². The molecular weight excluding hydrogens is 513 g/mol. The minimum atomic E-state index is -0.858. The number of rotatable bonds is 9. The van der Waals surface area contributed by atoms with Crippen molar-refractivity contribution < 1.29 is 18.7 Å². The predicted molar refractivity (Wildman–Crippen MR) is 148 cm³/mol. The number of H-pyrrole nitrogens is 1. The smallest absolute Gasteiger partial charge is 0.230 e. The highest BCUT2D eigenvalue weighted by Gasteiger charge is 2.40. The van der Waals surface area contributed by atoms with Crippen LogP contribution < -0.4 is 16.4 Å². The van der Waals surface area contributed by atoms with Crippen LogP contribution in [-0.4, -0.2) is 52.1 Å². The van der Waals surface area contributed by atoms with Crippen LogP contribution in [0.5, 0.6) is 0 Å². The standard InChI is InChI=1S/C29H32FN7O3/c1-18(19-6-4-3-5-7-19)34-28-33-14-12-22(35-28)24-23(20-8-10-21(30)11-9-20)36-25(37-24)26-39-16-29(2,17-40-26)27(38)32-15-13-31/h3-12,14,18,26H,13,15-17,31H2,1-2H3,(H,32,38)(H,36,37)(H,33,34,35). The van der Waals surface area contributed by atoms with Crippen LogP contribution in [0, 0.1) is 11.2 Å². The number of imidazole rings is 1. The van der Waals surface area contributed by atoms with Crippen molar-refractivity contribution in [3.63, 3.8) is 0 Å². The van der Waals surface area contributed by atoms with E-state index in [0.717, 1.165) is 5.56 Å². The average Bonchev–Trinajstić information content (AvgIpc) is 3.43. The summed E-state index contributed by atoms with van der Waals surface area (Å²) in [6.45, 7) is 4.80. The maximum Gasteiger partial charge on any atom is 0.230 e. The number of nitrogens with zero attached hydrogens (tertiary/aromatic N) is 3. The topological polar surface area (TPSA) is 140 Å². The Balaban J connectivity index is 1.42. The fourth-order valence-electron chi connectivity index (χ4n) is 4.39. The first kappa shape index (κ1) is 27.4. The first-order chi connectivity index (χ1) is 19.4. The van der Waals surface area contributed by atoms with Crippen LogP contribution in [0.15, 0.2) is 66.9 Å². The van der Waals surface area contributed by atoms with Gasteiger partial charge in [0, 0.05) is 24.8 Å². The van der Waals surface area contributed by atoms with Crippen LogP contribution >= 0.6 is 0 Å². The monoisotopic (exact) mass is 545 g/mol. The molecule has 1 aliphatic rings. The molecule has 4 aromatic rings. The molecular formula is C29H32FN7O3. The molecule has 10 nitrogen and oxygen atoms in total. The zero-order valence-electron chi connectivity index (χ0n) is 22.4. The Bertz CT molecular complexity index is 1440. The lowest BCUT2D eigenvalue weighted by Crippen LogP contribution is -2.49. The molecule has 0 saturated carbocycles. The number of amides is 1. The van der Waals surface area contributed by atoms with Gasteiger partial charge in [0.05, 0.1) is 41.8 Å². The number of aromatic nitrogens is 4. The SMILES string of the molecule is CC(Nc1nccc(-c2[nH]c(C3OCC(C)(C(=O)NCCN)CO3)nc2-c2ccc(F)cc2)n1)c1ccccc1. The summed E-state index contributed by atoms with van der Waals surface area (Å²) < 4.78 is 25.6. The number of anilines is 1. The van der Waals surface area contributed by atoms with Gasteiger partial charge in [-0.25, -0.2) is 19.3 Å². The predicted octanol–water partition coefficient (Wildman–Crippen LogP) is 3.97. The van der Waals surface area contributed by atoms with Gasteiger partial charge in [0.15, 0.2) is 5.82 Å². The maximum atomic E-state index is 13.7. The van der Waals surface area contributed by atoms with Gasteiger partial charge in [-0.05, 0) is 49.7 Å². The summed E-state index contributed by atoms with van der Waals surface area (Å²) in [4.78, 5) is 29.8. The largest absolute Gasteiger partial charge is 0.354 e. The summed E-state index contributed by atoms with van der Waals surface area (Å²) in [5.41, 5.74) is 8.16. The Labute approximate surface area is 231 Å². The van der Waals surface area contributed by atoms with Crippen LogP contribution in [0.2, 0.25) is 0 Å². The molecule has 40 heavy (non-hydrogen) atoms. The van der Waals surface area contributed by atoms with Crippen LogP contribution in [0.25, 0.3) is 22.6 Å². The van der Waals surface area contributed by atoms with E-state index in [1.54, 1.807) is 31.3 Å². The number of benzene rings is 2. The molecule has 2 aromatic heterocycles. The van der Waals surface area contributed by atoms with Gasteiger partial charge in [-0.1, -0.05) is 30.3 Å². The van der Waals surface area contributed by atoms with Crippen molar-refractivity contribution in [1.82, 2.24) is 25.3 Å². The summed E-state index contributed by atoms with van der Waals surface area (Å²) in [7, 11) is 0. The number of ether oxygens (including phenoxy) is 2. The fraction of sp³-hybridized carbons (Fsp3) is 0.310. The minimum Gasteiger partial charge on any atom is -0.354 e. The van der Waals surface area contributed by atoms with Crippen LogP contribution in [-0.2, 0) is 14.3 Å². The number of hydrogen-bond acceptors (Lipinski definition) is 8. The molecule has 1 fully saturated rings. The average molecular weight is 546 g/mol. The molecule has 1 saturated heterocycles. The second-order valence-electron chi connectivity index (χ2n) is 9.95. The quantitative estimate of drug-likeness (QED) is 0.248. The fourth-order valence-corrected chi connectivity index (χ4v) is 4.39. The molecule has 0 radical (unpaired) electrons. The first-order valence-electron chi connectivity index (χ1n) is 13.1. The van der Waals surface area contributed by atoms with Crippen molar-refractivity contribution in [3.8, 4) is 22.6 Å². The molecule has 5 N–H and O–H groups in total. The van der Waals surface area contributed by atoms with Crippen LogP contribution in [0.1, 0.15) is 37.6 Å². The van der Waals surface area contributed by atoms with E-state index < -0.39 is 11.7 Å². The highest BCUT2D eigenvalue weighted by molar-refractivity contribution is 5.82. The Morgan fingerprint density at radius 1 is 1.12 bits per heavy atom. The van der Waals surface area contributed by atoms with Gasteiger partial charge < -0.3 is 30.8 Å². The van der Waals surface area contributed by atoms with Crippen molar-refractivity contribution >= 4 is 11.9 Å².